The normalized spacial score (nSPS) is 10.5. The van der Waals surface area contributed by atoms with E-state index in [-0.39, 0.29) is 12.5 Å². The van der Waals surface area contributed by atoms with Crippen LogP contribution in [0.5, 0.6) is 5.75 Å². The molecule has 0 atom stereocenters. The van der Waals surface area contributed by atoms with Crippen molar-refractivity contribution in [2.24, 2.45) is 7.05 Å². The Kier molecular flexibility index (Phi) is 5.09. The third-order valence-electron chi connectivity index (χ3n) is 3.87. The summed E-state index contributed by atoms with van der Waals surface area (Å²) in [5.41, 5.74) is 3.76. The van der Waals surface area contributed by atoms with Crippen LogP contribution in [0.4, 0.5) is 0 Å². The number of aryl methyl sites for hydroxylation is 2. The molecule has 0 aliphatic heterocycles. The number of nitrogens with one attached hydrogen (secondary N) is 1. The number of aromatic nitrogens is 3. The van der Waals surface area contributed by atoms with Gasteiger partial charge in [0.15, 0.2) is 6.61 Å². The molecule has 3 aromatic rings. The van der Waals surface area contributed by atoms with E-state index in [4.69, 9.17) is 4.74 Å². The smallest absolute Gasteiger partial charge is 0.258 e. The number of hydrogen-bond donors (Lipinski definition) is 1. The quantitative estimate of drug-likeness (QED) is 0.751. The molecule has 0 bridgehead atoms. The van der Waals surface area contributed by atoms with Gasteiger partial charge in [0.05, 0.1) is 17.9 Å². The third-order valence-corrected chi connectivity index (χ3v) is 3.87. The molecular formula is C19H20N4O2. The molecule has 3 rings (SSSR count). The molecule has 0 spiro atoms. The van der Waals surface area contributed by atoms with E-state index >= 15 is 0 Å². The Balaban J connectivity index is 1.56. The molecule has 1 N–H and O–H groups in total. The minimum atomic E-state index is -0.171. The van der Waals surface area contributed by atoms with Gasteiger partial charge in [-0.2, -0.15) is 5.10 Å². The summed E-state index contributed by atoms with van der Waals surface area (Å²) in [6.07, 6.45) is 3.46. The van der Waals surface area contributed by atoms with E-state index in [2.05, 4.69) is 15.4 Å². The van der Waals surface area contributed by atoms with Crippen LogP contribution in [0.25, 0.3) is 11.3 Å². The third kappa shape index (κ3) is 4.23. The molecule has 6 nitrogen and oxygen atoms in total. The molecule has 25 heavy (non-hydrogen) atoms. The van der Waals surface area contributed by atoms with Crippen molar-refractivity contribution in [3.8, 4) is 17.0 Å². The van der Waals surface area contributed by atoms with Gasteiger partial charge in [-0.15, -0.1) is 0 Å². The number of pyridine rings is 1. The SMILES string of the molecule is Cc1ccccc1OCC(=O)NCc1cc(-c2ccncc2)nn1C. The van der Waals surface area contributed by atoms with Crippen molar-refractivity contribution in [2.75, 3.05) is 6.61 Å². The van der Waals surface area contributed by atoms with Crippen molar-refractivity contribution < 1.29 is 9.53 Å². The molecule has 1 amide bonds. The maximum Gasteiger partial charge on any atom is 0.258 e. The first-order chi connectivity index (χ1) is 12.1. The predicted octanol–water partition coefficient (Wildman–Crippen LogP) is 2.49. The van der Waals surface area contributed by atoms with Crippen molar-refractivity contribution in [2.45, 2.75) is 13.5 Å². The first kappa shape index (κ1) is 16.7. The molecule has 6 heteroatoms. The number of benzene rings is 1. The van der Waals surface area contributed by atoms with Gasteiger partial charge in [-0.1, -0.05) is 18.2 Å². The monoisotopic (exact) mass is 336 g/mol. The Hall–Kier alpha value is -3.15. The highest BCUT2D eigenvalue weighted by Gasteiger charge is 2.09. The number of ether oxygens (including phenoxy) is 1. The van der Waals surface area contributed by atoms with E-state index in [9.17, 15) is 4.79 Å². The maximum absolute atomic E-state index is 12.0. The summed E-state index contributed by atoms with van der Waals surface area (Å²) in [6, 6.07) is 13.4. The second-order valence-electron chi connectivity index (χ2n) is 5.71. The zero-order chi connectivity index (χ0) is 17.6. The van der Waals surface area contributed by atoms with Crippen molar-refractivity contribution >= 4 is 5.91 Å². The van der Waals surface area contributed by atoms with Gasteiger partial charge in [0.1, 0.15) is 5.75 Å². The molecule has 0 unspecified atom stereocenters. The number of carbonyl (C=O) groups is 1. The predicted molar refractivity (Wildman–Crippen MR) is 95.0 cm³/mol. The van der Waals surface area contributed by atoms with Gasteiger partial charge < -0.3 is 10.1 Å². The number of nitrogens with zero attached hydrogens (tertiary/aromatic N) is 3. The molecule has 1 aromatic carbocycles. The largest absolute Gasteiger partial charge is 0.484 e. The molecule has 128 valence electrons. The number of amides is 1. The molecule has 0 saturated heterocycles. The highest BCUT2D eigenvalue weighted by molar-refractivity contribution is 5.77. The first-order valence-corrected chi connectivity index (χ1v) is 8.02. The van der Waals surface area contributed by atoms with E-state index < -0.39 is 0 Å². The summed E-state index contributed by atoms with van der Waals surface area (Å²) in [5, 5.41) is 7.33. The van der Waals surface area contributed by atoms with Crippen LogP contribution in [-0.2, 0) is 18.4 Å². The van der Waals surface area contributed by atoms with Crippen molar-refractivity contribution in [3.63, 3.8) is 0 Å². The van der Waals surface area contributed by atoms with Crippen LogP contribution in [0, 0.1) is 6.92 Å². The number of carbonyl (C=O) groups excluding carboxylic acids is 1. The molecule has 0 radical (unpaired) electrons. The van der Waals surface area contributed by atoms with Crippen LogP contribution in [0.1, 0.15) is 11.3 Å². The molecule has 2 aromatic heterocycles. The first-order valence-electron chi connectivity index (χ1n) is 8.02. The lowest BCUT2D eigenvalue weighted by Crippen LogP contribution is -2.29. The minimum Gasteiger partial charge on any atom is -0.484 e. The van der Waals surface area contributed by atoms with E-state index in [1.54, 1.807) is 17.1 Å². The average Bonchev–Trinajstić information content (AvgIpc) is 3.01. The Morgan fingerprint density at radius 1 is 1.20 bits per heavy atom. The van der Waals surface area contributed by atoms with E-state index in [1.807, 2.05) is 56.4 Å². The van der Waals surface area contributed by atoms with Crippen LogP contribution in [0.2, 0.25) is 0 Å². The van der Waals surface area contributed by atoms with Crippen LogP contribution in [-0.4, -0.2) is 27.3 Å². The zero-order valence-corrected chi connectivity index (χ0v) is 14.3. The fraction of sp³-hybridized carbons (Fsp3) is 0.211. The number of hydrogen-bond acceptors (Lipinski definition) is 4. The molecule has 0 fully saturated rings. The van der Waals surface area contributed by atoms with Crippen molar-refractivity contribution in [1.29, 1.82) is 0 Å². The summed E-state index contributed by atoms with van der Waals surface area (Å²) >= 11 is 0. The van der Waals surface area contributed by atoms with Gasteiger partial charge in [0.2, 0.25) is 0 Å². The standard InChI is InChI=1S/C19H20N4O2/c1-14-5-3-4-6-18(14)25-13-19(24)21-12-16-11-17(22-23(16)2)15-7-9-20-10-8-15/h3-11H,12-13H2,1-2H3,(H,21,24). The minimum absolute atomic E-state index is 0.0140. The van der Waals surface area contributed by atoms with Gasteiger partial charge in [-0.25, -0.2) is 0 Å². The highest BCUT2D eigenvalue weighted by Crippen LogP contribution is 2.18. The summed E-state index contributed by atoms with van der Waals surface area (Å²) < 4.78 is 7.31. The Labute approximate surface area is 146 Å². The Morgan fingerprint density at radius 3 is 2.72 bits per heavy atom. The highest BCUT2D eigenvalue weighted by atomic mass is 16.5. The lowest BCUT2D eigenvalue weighted by molar-refractivity contribution is -0.123. The molecule has 0 saturated carbocycles. The van der Waals surface area contributed by atoms with Gasteiger partial charge in [-0.3, -0.25) is 14.5 Å². The maximum atomic E-state index is 12.0. The van der Waals surface area contributed by atoms with Crippen LogP contribution in [0.3, 0.4) is 0 Å². The topological polar surface area (TPSA) is 69.0 Å². The average molecular weight is 336 g/mol. The fourth-order valence-electron chi connectivity index (χ4n) is 2.44. The lowest BCUT2D eigenvalue weighted by Gasteiger charge is -2.09. The summed E-state index contributed by atoms with van der Waals surface area (Å²) in [4.78, 5) is 16.0. The van der Waals surface area contributed by atoms with Gasteiger partial charge in [-0.05, 0) is 36.8 Å². The Bertz CT molecular complexity index is 859. The van der Waals surface area contributed by atoms with Crippen LogP contribution in [0.15, 0.2) is 54.9 Å². The van der Waals surface area contributed by atoms with Crippen LogP contribution >= 0.6 is 0 Å². The van der Waals surface area contributed by atoms with Gasteiger partial charge >= 0.3 is 0 Å². The van der Waals surface area contributed by atoms with Gasteiger partial charge in [0.25, 0.3) is 5.91 Å². The molecular weight excluding hydrogens is 316 g/mol. The summed E-state index contributed by atoms with van der Waals surface area (Å²) in [5.74, 6) is 0.549. The van der Waals surface area contributed by atoms with E-state index in [0.717, 1.165) is 28.3 Å². The number of para-hydroxylation sites is 1. The van der Waals surface area contributed by atoms with Gasteiger partial charge in [0, 0.05) is 25.0 Å². The summed E-state index contributed by atoms with van der Waals surface area (Å²) in [6.45, 7) is 2.33. The fourth-order valence-corrected chi connectivity index (χ4v) is 2.44. The molecule has 0 aliphatic carbocycles. The second kappa shape index (κ2) is 7.61. The number of rotatable bonds is 6. The zero-order valence-electron chi connectivity index (χ0n) is 14.3. The second-order valence-corrected chi connectivity index (χ2v) is 5.71. The van der Waals surface area contributed by atoms with Crippen LogP contribution < -0.4 is 10.1 Å². The summed E-state index contributed by atoms with van der Waals surface area (Å²) in [7, 11) is 1.86. The van der Waals surface area contributed by atoms with Crippen molar-refractivity contribution in [3.05, 3.63) is 66.1 Å². The molecule has 2 heterocycles. The molecule has 0 aliphatic rings. The Morgan fingerprint density at radius 2 is 1.96 bits per heavy atom. The van der Waals surface area contributed by atoms with E-state index in [1.165, 1.54) is 0 Å². The lowest BCUT2D eigenvalue weighted by atomic mass is 10.2. The van der Waals surface area contributed by atoms with E-state index in [0.29, 0.717) is 6.54 Å². The van der Waals surface area contributed by atoms with Crippen molar-refractivity contribution in [1.82, 2.24) is 20.1 Å².